The molecule has 0 amide bonds. The van der Waals surface area contributed by atoms with Gasteiger partial charge >= 0.3 is 0 Å². The summed E-state index contributed by atoms with van der Waals surface area (Å²) >= 11 is 1.62. The number of rotatable bonds is 5. The molecule has 0 spiro atoms. The first kappa shape index (κ1) is 15.9. The van der Waals surface area contributed by atoms with Crippen LogP contribution in [0.3, 0.4) is 0 Å². The van der Waals surface area contributed by atoms with Gasteiger partial charge in [0, 0.05) is 36.0 Å². The summed E-state index contributed by atoms with van der Waals surface area (Å²) in [5, 5.41) is 9.18. The van der Waals surface area contributed by atoms with E-state index in [1.807, 2.05) is 19.9 Å². The molecule has 0 radical (unpaired) electrons. The Morgan fingerprint density at radius 3 is 2.85 bits per heavy atom. The molecule has 2 rings (SSSR count). The SMILES string of the molecule is Cc1cc(CNS(=O)(=O)N2CCCC(CO)C2)sc1C. The zero-order valence-electron chi connectivity index (χ0n) is 11.9. The van der Waals surface area contributed by atoms with Crippen molar-refractivity contribution in [1.82, 2.24) is 9.03 Å². The molecule has 1 unspecified atom stereocenters. The van der Waals surface area contributed by atoms with Crippen molar-refractivity contribution in [2.75, 3.05) is 19.7 Å². The second-order valence-corrected chi connectivity index (χ2v) is 8.42. The Balaban J connectivity index is 1.96. The van der Waals surface area contributed by atoms with Gasteiger partial charge in [0.2, 0.25) is 0 Å². The molecule has 1 aliphatic rings. The number of piperidine rings is 1. The predicted molar refractivity (Wildman–Crippen MR) is 80.9 cm³/mol. The Bertz CT molecular complexity index is 534. The minimum absolute atomic E-state index is 0.0509. The third-order valence-corrected chi connectivity index (χ3v) is 6.40. The number of nitrogens with one attached hydrogen (secondary N) is 1. The zero-order valence-corrected chi connectivity index (χ0v) is 13.6. The van der Waals surface area contributed by atoms with Crippen molar-refractivity contribution in [2.24, 2.45) is 5.92 Å². The molecule has 0 saturated carbocycles. The first-order valence-corrected chi connectivity index (χ1v) is 9.09. The monoisotopic (exact) mass is 318 g/mol. The molecule has 1 saturated heterocycles. The summed E-state index contributed by atoms with van der Waals surface area (Å²) in [6.45, 7) is 5.40. The molecule has 0 bridgehead atoms. The van der Waals surface area contributed by atoms with Crippen LogP contribution < -0.4 is 4.72 Å². The summed E-state index contributed by atoms with van der Waals surface area (Å²) in [6.07, 6.45) is 1.70. The lowest BCUT2D eigenvalue weighted by molar-refractivity contribution is 0.164. The van der Waals surface area contributed by atoms with Crippen molar-refractivity contribution in [1.29, 1.82) is 0 Å². The standard InChI is InChI=1S/C13H22N2O3S2/c1-10-6-13(19-11(10)2)7-14-20(17,18)15-5-3-4-12(8-15)9-16/h6,12,14,16H,3-5,7-9H2,1-2H3. The van der Waals surface area contributed by atoms with Gasteiger partial charge in [-0.2, -0.15) is 17.4 Å². The van der Waals surface area contributed by atoms with Gasteiger partial charge in [0.1, 0.15) is 0 Å². The highest BCUT2D eigenvalue weighted by molar-refractivity contribution is 7.87. The maximum Gasteiger partial charge on any atom is 0.279 e. The first-order valence-electron chi connectivity index (χ1n) is 6.84. The molecule has 0 aromatic carbocycles. The van der Waals surface area contributed by atoms with Crippen molar-refractivity contribution in [3.63, 3.8) is 0 Å². The van der Waals surface area contributed by atoms with Crippen LogP contribution in [0.5, 0.6) is 0 Å². The quantitative estimate of drug-likeness (QED) is 0.862. The summed E-state index contributed by atoms with van der Waals surface area (Å²) in [4.78, 5) is 2.25. The van der Waals surface area contributed by atoms with Crippen LogP contribution in [0.25, 0.3) is 0 Å². The maximum absolute atomic E-state index is 12.2. The van der Waals surface area contributed by atoms with Crippen molar-refractivity contribution in [3.05, 3.63) is 21.4 Å². The van der Waals surface area contributed by atoms with Gasteiger partial charge < -0.3 is 5.11 Å². The summed E-state index contributed by atoms with van der Waals surface area (Å²) in [6, 6.07) is 2.02. The van der Waals surface area contributed by atoms with Crippen molar-refractivity contribution < 1.29 is 13.5 Å². The molecular formula is C13H22N2O3S2. The van der Waals surface area contributed by atoms with E-state index in [2.05, 4.69) is 4.72 Å². The average Bonchev–Trinajstić information content (AvgIpc) is 2.76. The largest absolute Gasteiger partial charge is 0.396 e. The molecule has 20 heavy (non-hydrogen) atoms. The minimum atomic E-state index is -3.45. The Labute approximate surface area is 124 Å². The lowest BCUT2D eigenvalue weighted by atomic mass is 10.0. The molecule has 114 valence electrons. The van der Waals surface area contributed by atoms with Gasteiger partial charge in [0.25, 0.3) is 10.2 Å². The van der Waals surface area contributed by atoms with Gasteiger partial charge in [0.15, 0.2) is 0 Å². The van der Waals surface area contributed by atoms with Crippen LogP contribution in [-0.2, 0) is 16.8 Å². The van der Waals surface area contributed by atoms with E-state index in [1.165, 1.54) is 14.7 Å². The molecule has 1 atom stereocenters. The van der Waals surface area contributed by atoms with E-state index >= 15 is 0 Å². The van der Waals surface area contributed by atoms with Crippen molar-refractivity contribution in [3.8, 4) is 0 Å². The Hall–Kier alpha value is -0.470. The van der Waals surface area contributed by atoms with Gasteiger partial charge in [-0.25, -0.2) is 0 Å². The van der Waals surface area contributed by atoms with E-state index in [0.29, 0.717) is 19.6 Å². The van der Waals surface area contributed by atoms with Gasteiger partial charge in [-0.05, 0) is 44.2 Å². The van der Waals surface area contributed by atoms with E-state index in [-0.39, 0.29) is 12.5 Å². The Kier molecular flexibility index (Phi) is 5.19. The van der Waals surface area contributed by atoms with Gasteiger partial charge in [-0.1, -0.05) is 0 Å². The predicted octanol–water partition coefficient (Wildman–Crippen LogP) is 1.40. The lowest BCUT2D eigenvalue weighted by Crippen LogP contribution is -2.46. The fourth-order valence-corrected chi connectivity index (χ4v) is 4.77. The van der Waals surface area contributed by atoms with Crippen molar-refractivity contribution in [2.45, 2.75) is 33.2 Å². The molecule has 1 aromatic rings. The summed E-state index contributed by atoms with van der Waals surface area (Å²) < 4.78 is 28.6. The third kappa shape index (κ3) is 3.79. The van der Waals surface area contributed by atoms with Crippen LogP contribution in [0, 0.1) is 19.8 Å². The molecule has 0 aliphatic carbocycles. The average molecular weight is 318 g/mol. The number of hydrogen-bond donors (Lipinski definition) is 2. The number of hydrogen-bond acceptors (Lipinski definition) is 4. The number of aliphatic hydroxyl groups excluding tert-OH is 1. The summed E-state index contributed by atoms with van der Waals surface area (Å²) in [5.74, 6) is 0.0616. The van der Waals surface area contributed by atoms with E-state index in [9.17, 15) is 13.5 Å². The Morgan fingerprint density at radius 2 is 2.25 bits per heavy atom. The number of aliphatic hydroxyl groups is 1. The van der Waals surface area contributed by atoms with E-state index in [1.54, 1.807) is 11.3 Å². The topological polar surface area (TPSA) is 69.6 Å². The first-order chi connectivity index (χ1) is 9.42. The van der Waals surface area contributed by atoms with Gasteiger partial charge in [-0.15, -0.1) is 11.3 Å². The fourth-order valence-electron chi connectivity index (χ4n) is 2.38. The zero-order chi connectivity index (χ0) is 14.8. The van der Waals surface area contributed by atoms with Crippen LogP contribution in [0.2, 0.25) is 0 Å². The normalized spacial score (nSPS) is 21.2. The van der Waals surface area contributed by atoms with Crippen molar-refractivity contribution >= 4 is 21.5 Å². The van der Waals surface area contributed by atoms with E-state index < -0.39 is 10.2 Å². The van der Waals surface area contributed by atoms with Crippen LogP contribution in [-0.4, -0.2) is 37.5 Å². The van der Waals surface area contributed by atoms with Gasteiger partial charge in [0.05, 0.1) is 0 Å². The highest BCUT2D eigenvalue weighted by atomic mass is 32.2. The van der Waals surface area contributed by atoms with E-state index in [0.717, 1.165) is 17.7 Å². The lowest BCUT2D eigenvalue weighted by Gasteiger charge is -2.30. The number of nitrogens with zero attached hydrogens (tertiary/aromatic N) is 1. The van der Waals surface area contributed by atoms with Crippen LogP contribution in [0.4, 0.5) is 0 Å². The maximum atomic E-state index is 12.2. The van der Waals surface area contributed by atoms with Gasteiger partial charge in [-0.3, -0.25) is 0 Å². The smallest absolute Gasteiger partial charge is 0.279 e. The minimum Gasteiger partial charge on any atom is -0.396 e. The second-order valence-electron chi connectivity index (χ2n) is 5.33. The van der Waals surface area contributed by atoms with Crippen LogP contribution in [0.15, 0.2) is 6.07 Å². The highest BCUT2D eigenvalue weighted by Gasteiger charge is 2.28. The molecule has 7 heteroatoms. The van der Waals surface area contributed by atoms with Crippen LogP contribution >= 0.6 is 11.3 Å². The number of aryl methyl sites for hydroxylation is 2. The fraction of sp³-hybridized carbons (Fsp3) is 0.692. The molecule has 1 aliphatic heterocycles. The molecule has 5 nitrogen and oxygen atoms in total. The summed E-state index contributed by atoms with van der Waals surface area (Å²) in [5.41, 5.74) is 1.20. The third-order valence-electron chi connectivity index (χ3n) is 3.73. The number of thiophene rings is 1. The highest BCUT2D eigenvalue weighted by Crippen LogP contribution is 2.21. The Morgan fingerprint density at radius 1 is 1.50 bits per heavy atom. The van der Waals surface area contributed by atoms with Crippen LogP contribution in [0.1, 0.15) is 28.2 Å². The molecule has 1 fully saturated rings. The summed E-state index contributed by atoms with van der Waals surface area (Å²) in [7, 11) is -3.45. The molecular weight excluding hydrogens is 296 g/mol. The molecule has 2 heterocycles. The second kappa shape index (κ2) is 6.53. The van der Waals surface area contributed by atoms with E-state index in [4.69, 9.17) is 0 Å². The molecule has 2 N–H and O–H groups in total. The molecule has 1 aromatic heterocycles.